The van der Waals surface area contributed by atoms with Gasteiger partial charge in [0.15, 0.2) is 0 Å². The highest BCUT2D eigenvalue weighted by Gasteiger charge is 2.07. The Hall–Kier alpha value is -0.540. The van der Waals surface area contributed by atoms with Crippen LogP contribution in [0.4, 0.5) is 0 Å². The first kappa shape index (κ1) is 11.0. The van der Waals surface area contributed by atoms with Gasteiger partial charge < -0.3 is 4.57 Å². The molecular formula is C12H14NS2. The van der Waals surface area contributed by atoms with Gasteiger partial charge in [-0.2, -0.15) is 12.6 Å². The molecule has 1 nitrogen and oxygen atoms in total. The summed E-state index contributed by atoms with van der Waals surface area (Å²) in [5.41, 5.74) is 1.26. The van der Waals surface area contributed by atoms with Crippen LogP contribution in [0.1, 0.15) is 12.3 Å². The number of para-hydroxylation sites is 1. The second kappa shape index (κ2) is 4.99. The molecule has 0 amide bonds. The molecule has 0 fully saturated rings. The normalized spacial score (nSPS) is 13.2. The molecule has 1 radical (unpaired) electrons. The smallest absolute Gasteiger partial charge is 0.0766 e. The van der Waals surface area contributed by atoms with Gasteiger partial charge in [-0.25, -0.2) is 0 Å². The largest absolute Gasteiger partial charge is 0.335 e. The van der Waals surface area contributed by atoms with Crippen LogP contribution in [-0.4, -0.2) is 16.1 Å². The highest BCUT2D eigenvalue weighted by atomic mass is 32.2. The Kier molecular flexibility index (Phi) is 3.65. The molecule has 2 rings (SSSR count). The molecule has 0 spiro atoms. The maximum absolute atomic E-state index is 4.23. The fourth-order valence-electron chi connectivity index (χ4n) is 1.63. The van der Waals surface area contributed by atoms with E-state index in [1.54, 1.807) is 0 Å². The molecule has 1 unspecified atom stereocenters. The first-order chi connectivity index (χ1) is 7.33. The van der Waals surface area contributed by atoms with Gasteiger partial charge >= 0.3 is 0 Å². The van der Waals surface area contributed by atoms with E-state index in [1.165, 1.54) is 10.9 Å². The van der Waals surface area contributed by atoms with Crippen molar-refractivity contribution >= 4 is 35.3 Å². The molecule has 79 valence electrons. The molecule has 0 N–H and O–H groups in total. The van der Waals surface area contributed by atoms with E-state index >= 15 is 0 Å². The number of benzene rings is 1. The van der Waals surface area contributed by atoms with Gasteiger partial charge in [-0.05, 0) is 18.7 Å². The zero-order valence-corrected chi connectivity index (χ0v) is 10.4. The standard InChI is InChI=1S/C12H14NS2/c1-10(15-9-8-14)13-7-6-11-4-2-3-5-12(11)13/h2-5,7,10,14H,8-9H2,1H3. The van der Waals surface area contributed by atoms with E-state index in [9.17, 15) is 0 Å². The van der Waals surface area contributed by atoms with Crippen molar-refractivity contribution in [1.29, 1.82) is 0 Å². The maximum Gasteiger partial charge on any atom is 0.0766 e. The molecule has 1 aromatic heterocycles. The average molecular weight is 236 g/mol. The molecule has 0 aliphatic heterocycles. The third-order valence-corrected chi connectivity index (χ3v) is 4.06. The summed E-state index contributed by atoms with van der Waals surface area (Å²) in [6.45, 7) is 2.22. The van der Waals surface area contributed by atoms with Crippen molar-refractivity contribution in [2.75, 3.05) is 11.5 Å². The van der Waals surface area contributed by atoms with Gasteiger partial charge in [-0.3, -0.25) is 0 Å². The van der Waals surface area contributed by atoms with Crippen molar-refractivity contribution in [2.45, 2.75) is 12.3 Å². The maximum atomic E-state index is 4.23. The number of thiol groups is 1. The van der Waals surface area contributed by atoms with E-state index < -0.39 is 0 Å². The summed E-state index contributed by atoms with van der Waals surface area (Å²) < 4.78 is 2.27. The second-order valence-corrected chi connectivity index (χ2v) is 5.26. The van der Waals surface area contributed by atoms with Gasteiger partial charge in [0.1, 0.15) is 0 Å². The third-order valence-electron chi connectivity index (χ3n) is 2.38. The first-order valence-electron chi connectivity index (χ1n) is 5.02. The number of aromatic nitrogens is 1. The fourth-order valence-corrected chi connectivity index (χ4v) is 2.73. The Morgan fingerprint density at radius 2 is 2.27 bits per heavy atom. The summed E-state index contributed by atoms with van der Waals surface area (Å²) in [5, 5.41) is 1.64. The molecule has 1 aromatic carbocycles. The lowest BCUT2D eigenvalue weighted by molar-refractivity contribution is 0.772. The van der Waals surface area contributed by atoms with Gasteiger partial charge in [0.2, 0.25) is 0 Å². The number of rotatable bonds is 4. The quantitative estimate of drug-likeness (QED) is 0.795. The van der Waals surface area contributed by atoms with Crippen LogP contribution in [0.15, 0.2) is 30.5 Å². The van der Waals surface area contributed by atoms with Crippen molar-refractivity contribution in [3.8, 4) is 0 Å². The molecule has 0 aliphatic rings. The van der Waals surface area contributed by atoms with Crippen molar-refractivity contribution in [3.63, 3.8) is 0 Å². The van der Waals surface area contributed by atoms with Gasteiger partial charge in [0.05, 0.1) is 5.37 Å². The Bertz CT molecular complexity index is 436. The van der Waals surface area contributed by atoms with E-state index in [0.29, 0.717) is 5.37 Å². The molecule has 1 atom stereocenters. The predicted molar refractivity (Wildman–Crippen MR) is 71.8 cm³/mol. The van der Waals surface area contributed by atoms with E-state index in [1.807, 2.05) is 18.0 Å². The van der Waals surface area contributed by atoms with E-state index in [0.717, 1.165) is 11.5 Å². The Balaban J connectivity index is 2.27. The molecule has 0 saturated heterocycles. The van der Waals surface area contributed by atoms with Gasteiger partial charge in [-0.1, -0.05) is 18.2 Å². The SMILES string of the molecule is CC(SCCS)n1c[c]c2ccccc21. The highest BCUT2D eigenvalue weighted by Crippen LogP contribution is 2.27. The summed E-state index contributed by atoms with van der Waals surface area (Å²) in [6, 6.07) is 11.6. The minimum Gasteiger partial charge on any atom is -0.335 e. The molecule has 1 heterocycles. The van der Waals surface area contributed by atoms with Crippen molar-refractivity contribution in [1.82, 2.24) is 4.57 Å². The number of hydrogen-bond acceptors (Lipinski definition) is 2. The van der Waals surface area contributed by atoms with Crippen LogP contribution in [0.3, 0.4) is 0 Å². The van der Waals surface area contributed by atoms with E-state index in [-0.39, 0.29) is 0 Å². The summed E-state index contributed by atoms with van der Waals surface area (Å²) >= 11 is 6.14. The molecule has 15 heavy (non-hydrogen) atoms. The zero-order chi connectivity index (χ0) is 10.7. The topological polar surface area (TPSA) is 4.93 Å². The van der Waals surface area contributed by atoms with Crippen molar-refractivity contribution in [3.05, 3.63) is 36.5 Å². The van der Waals surface area contributed by atoms with Crippen LogP contribution >= 0.6 is 24.4 Å². The van der Waals surface area contributed by atoms with Crippen LogP contribution in [0.25, 0.3) is 10.9 Å². The van der Waals surface area contributed by atoms with Crippen LogP contribution in [0.2, 0.25) is 0 Å². The molecule has 0 bridgehead atoms. The monoisotopic (exact) mass is 236 g/mol. The van der Waals surface area contributed by atoms with Gasteiger partial charge in [-0.15, -0.1) is 11.8 Å². The van der Waals surface area contributed by atoms with Crippen molar-refractivity contribution in [2.24, 2.45) is 0 Å². The van der Waals surface area contributed by atoms with E-state index in [2.05, 4.69) is 54.5 Å². The summed E-state index contributed by atoms with van der Waals surface area (Å²) in [7, 11) is 0. The van der Waals surface area contributed by atoms with Crippen LogP contribution in [0, 0.1) is 6.07 Å². The van der Waals surface area contributed by atoms with E-state index in [4.69, 9.17) is 0 Å². The minimum atomic E-state index is 0.452. The van der Waals surface area contributed by atoms with Crippen LogP contribution in [-0.2, 0) is 0 Å². The van der Waals surface area contributed by atoms with Crippen LogP contribution < -0.4 is 0 Å². The summed E-state index contributed by atoms with van der Waals surface area (Å²) in [5.74, 6) is 2.01. The number of hydrogen-bond donors (Lipinski definition) is 1. The number of thioether (sulfide) groups is 1. The molecule has 3 heteroatoms. The Labute approximate surface area is 100 Å². The second-order valence-electron chi connectivity index (χ2n) is 3.39. The fraction of sp³-hybridized carbons (Fsp3) is 0.333. The third kappa shape index (κ3) is 2.34. The summed E-state index contributed by atoms with van der Waals surface area (Å²) in [6.07, 6.45) is 2.04. The molecule has 0 saturated carbocycles. The number of fused-ring (bicyclic) bond motifs is 1. The lowest BCUT2D eigenvalue weighted by Crippen LogP contribution is -2.00. The molecule has 0 aliphatic carbocycles. The molecule has 2 aromatic rings. The lowest BCUT2D eigenvalue weighted by Gasteiger charge is -2.14. The average Bonchev–Trinajstić information content (AvgIpc) is 2.69. The lowest BCUT2D eigenvalue weighted by atomic mass is 10.2. The first-order valence-corrected chi connectivity index (χ1v) is 6.71. The zero-order valence-electron chi connectivity index (χ0n) is 8.68. The Morgan fingerprint density at radius 3 is 3.07 bits per heavy atom. The highest BCUT2D eigenvalue weighted by molar-refractivity contribution is 8.00. The van der Waals surface area contributed by atoms with Crippen LogP contribution in [0.5, 0.6) is 0 Å². The van der Waals surface area contributed by atoms with Gasteiger partial charge in [0.25, 0.3) is 0 Å². The van der Waals surface area contributed by atoms with Crippen molar-refractivity contribution < 1.29 is 0 Å². The molecular weight excluding hydrogens is 222 g/mol. The summed E-state index contributed by atoms with van der Waals surface area (Å²) in [4.78, 5) is 0. The Morgan fingerprint density at radius 1 is 1.47 bits per heavy atom. The minimum absolute atomic E-state index is 0.452. The van der Waals surface area contributed by atoms with Gasteiger partial charge in [0, 0.05) is 28.9 Å². The number of nitrogens with zero attached hydrogens (tertiary/aromatic N) is 1. The predicted octanol–water partition coefficient (Wildman–Crippen LogP) is 3.62.